The van der Waals surface area contributed by atoms with Crippen molar-refractivity contribution in [3.63, 3.8) is 0 Å². The molecule has 0 rings (SSSR count). The summed E-state index contributed by atoms with van der Waals surface area (Å²) in [7, 11) is 0. The van der Waals surface area contributed by atoms with E-state index in [4.69, 9.17) is 10.2 Å². The zero-order chi connectivity index (χ0) is 4.28. The van der Waals surface area contributed by atoms with Crippen molar-refractivity contribution in [3.05, 3.63) is 0 Å². The molecule has 0 amide bonds. The average molecular weight is 289 g/mol. The second-order valence-electron chi connectivity index (χ2n) is 0.698. The normalized spacial score (nSPS) is 12.5. The molecule has 4 heteroatoms. The van der Waals surface area contributed by atoms with Crippen LogP contribution in [0, 0.1) is 0 Å². The van der Waals surface area contributed by atoms with E-state index in [0.717, 1.165) is 0 Å². The zero-order valence-corrected chi connectivity index (χ0v) is 7.07. The van der Waals surface area contributed by atoms with E-state index < -0.39 is 3.81 Å². The van der Waals surface area contributed by atoms with Gasteiger partial charge < -0.3 is 5.48 Å². The molecule has 0 fully saturated rings. The summed E-state index contributed by atoms with van der Waals surface area (Å²) in [5.74, 6) is 0. The standard InChI is InChI=1S/C2H5O2.Bi.H2O.H/c3-1-2-4;;;/h1,3-4H,2H2;;1H2;. The Balaban J connectivity index is 0. The van der Waals surface area contributed by atoms with Gasteiger partial charge >= 0.3 is 45.4 Å². The van der Waals surface area contributed by atoms with Crippen LogP contribution in [-0.2, 0) is 0 Å². The van der Waals surface area contributed by atoms with Crippen molar-refractivity contribution in [3.8, 4) is 0 Å². The summed E-state index contributed by atoms with van der Waals surface area (Å²) in [6, 6.07) is 0. The molecule has 0 aromatic carbocycles. The van der Waals surface area contributed by atoms with E-state index in [2.05, 4.69) is 0 Å². The quantitative estimate of drug-likeness (QED) is 0.519. The molecule has 0 spiro atoms. The van der Waals surface area contributed by atoms with Crippen LogP contribution in [0.15, 0.2) is 0 Å². The van der Waals surface area contributed by atoms with Crippen molar-refractivity contribution in [1.82, 2.24) is 0 Å². The Morgan fingerprint density at radius 2 is 1.83 bits per heavy atom. The Kier molecular flexibility index (Phi) is 9.51. The monoisotopic (exact) mass is 289 g/mol. The molecule has 3 nitrogen and oxygen atoms in total. The first kappa shape index (κ1) is 9.90. The molecule has 0 aliphatic carbocycles. The van der Waals surface area contributed by atoms with Crippen LogP contribution in [0.5, 0.6) is 0 Å². The van der Waals surface area contributed by atoms with Crippen LogP contribution in [0.3, 0.4) is 0 Å². The van der Waals surface area contributed by atoms with Crippen LogP contribution in [0.4, 0.5) is 0 Å². The molecule has 0 saturated heterocycles. The summed E-state index contributed by atoms with van der Waals surface area (Å²) in [6.07, 6.45) is 0. The van der Waals surface area contributed by atoms with Gasteiger partial charge in [-0.3, -0.25) is 0 Å². The van der Waals surface area contributed by atoms with Crippen molar-refractivity contribution in [2.24, 2.45) is 0 Å². The zero-order valence-electron chi connectivity index (χ0n) is 3.18. The van der Waals surface area contributed by atoms with E-state index in [9.17, 15) is 0 Å². The summed E-state index contributed by atoms with van der Waals surface area (Å²) in [5, 5.41) is 16.1. The van der Waals surface area contributed by atoms with E-state index in [-0.39, 0.29) is 12.1 Å². The van der Waals surface area contributed by atoms with Gasteiger partial charge in [0.25, 0.3) is 0 Å². The number of hydrogen-bond acceptors (Lipinski definition) is 2. The molecule has 0 heterocycles. The third-order valence-electron chi connectivity index (χ3n) is 0.173. The van der Waals surface area contributed by atoms with Gasteiger partial charge in [-0.15, -0.1) is 0 Å². The van der Waals surface area contributed by atoms with Crippen LogP contribution < -0.4 is 0 Å². The third-order valence-corrected chi connectivity index (χ3v) is 0.883. The van der Waals surface area contributed by atoms with Crippen LogP contribution in [0.2, 0.25) is 0 Å². The number of aliphatic hydroxyl groups is 2. The summed E-state index contributed by atoms with van der Waals surface area (Å²) in [4.78, 5) is 0. The van der Waals surface area contributed by atoms with Gasteiger partial charge in [0.1, 0.15) is 0 Å². The summed E-state index contributed by atoms with van der Waals surface area (Å²) in [5.41, 5.74) is 0. The minimum atomic E-state index is -0.421. The fraction of sp³-hybridized carbons (Fsp3) is 1.00. The molecule has 1 unspecified atom stereocenters. The molecule has 4 N–H and O–H groups in total. The average Bonchev–Trinajstić information content (AvgIpc) is 1.38. The first-order valence-corrected chi connectivity index (χ1v) is 3.52. The van der Waals surface area contributed by atoms with Crippen molar-refractivity contribution < 1.29 is 15.7 Å². The van der Waals surface area contributed by atoms with Crippen LogP contribution in [0.1, 0.15) is 0 Å². The van der Waals surface area contributed by atoms with Crippen LogP contribution >= 0.6 is 0 Å². The maximum atomic E-state index is 8.17. The van der Waals surface area contributed by atoms with E-state index in [1.165, 1.54) is 0 Å². The second-order valence-corrected chi connectivity index (χ2v) is 3.29. The molecule has 0 bridgehead atoms. The molecule has 0 aromatic rings. The molecule has 6 heavy (non-hydrogen) atoms. The van der Waals surface area contributed by atoms with E-state index >= 15 is 0 Å². The predicted molar refractivity (Wildman–Crippen MR) is 23.9 cm³/mol. The second kappa shape index (κ2) is 5.76. The van der Waals surface area contributed by atoms with Gasteiger partial charge in [0.15, 0.2) is 0 Å². The number of aliphatic hydroxyl groups excluding tert-OH is 2. The molecule has 0 saturated carbocycles. The molecule has 0 aromatic heterocycles. The Hall–Kier alpha value is 0.763. The van der Waals surface area contributed by atoms with E-state index in [0.29, 0.717) is 24.7 Å². The summed E-state index contributed by atoms with van der Waals surface area (Å²) in [6.45, 7) is -0.0772. The topological polar surface area (TPSA) is 72.0 Å². The van der Waals surface area contributed by atoms with Gasteiger partial charge in [-0.1, -0.05) is 0 Å². The number of rotatable bonds is 1. The van der Waals surface area contributed by atoms with Crippen molar-refractivity contribution in [2.45, 2.75) is 3.81 Å². The van der Waals surface area contributed by atoms with E-state index in [1.807, 2.05) is 0 Å². The molecule has 39 valence electrons. The maximum absolute atomic E-state index is 8.17. The van der Waals surface area contributed by atoms with Gasteiger partial charge in [0.05, 0.1) is 0 Å². The Bertz CT molecular complexity index is 22.8. The summed E-state index contributed by atoms with van der Waals surface area (Å²) < 4.78 is -0.421. The van der Waals surface area contributed by atoms with Gasteiger partial charge in [0, 0.05) is 0 Å². The van der Waals surface area contributed by atoms with E-state index in [1.54, 1.807) is 0 Å². The molecule has 1 radical (unpaired) electrons. The molecule has 0 aliphatic rings. The van der Waals surface area contributed by atoms with Crippen LogP contribution in [0.25, 0.3) is 0 Å². The van der Waals surface area contributed by atoms with Gasteiger partial charge in [-0.2, -0.15) is 0 Å². The van der Waals surface area contributed by atoms with Crippen LogP contribution in [-0.4, -0.2) is 50.8 Å². The summed E-state index contributed by atoms with van der Waals surface area (Å²) >= 11 is 0.675. The molecule has 1 atom stereocenters. The Labute approximate surface area is 51.1 Å². The minimum absolute atomic E-state index is 0. The van der Waals surface area contributed by atoms with Gasteiger partial charge in [0.2, 0.25) is 0 Å². The van der Waals surface area contributed by atoms with Crippen molar-refractivity contribution >= 4 is 24.7 Å². The third kappa shape index (κ3) is 8.83. The first-order chi connectivity index (χ1) is 2.27. The fourth-order valence-corrected chi connectivity index (χ4v) is 0. The van der Waals surface area contributed by atoms with Gasteiger partial charge in [-0.05, 0) is 0 Å². The predicted octanol–water partition coefficient (Wildman–Crippen LogP) is -2.63. The van der Waals surface area contributed by atoms with Gasteiger partial charge in [-0.25, -0.2) is 0 Å². The molecular formula is C2H8BiO3. The Morgan fingerprint density at radius 3 is 1.83 bits per heavy atom. The number of hydrogen-bond donors (Lipinski definition) is 2. The molecular weight excluding hydrogens is 281 g/mol. The van der Waals surface area contributed by atoms with Crippen molar-refractivity contribution in [1.29, 1.82) is 0 Å². The Morgan fingerprint density at radius 1 is 1.67 bits per heavy atom. The SMILES string of the molecule is O.OC[CH](O)[BiH]. The van der Waals surface area contributed by atoms with Crippen molar-refractivity contribution in [2.75, 3.05) is 6.61 Å². The fourth-order valence-electron chi connectivity index (χ4n) is 0. The first-order valence-electron chi connectivity index (χ1n) is 1.27. The molecule has 0 aliphatic heterocycles.